The van der Waals surface area contributed by atoms with Crippen LogP contribution in [0.1, 0.15) is 13.8 Å². The summed E-state index contributed by atoms with van der Waals surface area (Å²) in [5, 5.41) is 6.04. The van der Waals surface area contributed by atoms with Gasteiger partial charge in [0, 0.05) is 13.1 Å². The number of anilines is 1. The lowest BCUT2D eigenvalue weighted by molar-refractivity contribution is -0.00537. The molecule has 0 unspecified atom stereocenters. The van der Waals surface area contributed by atoms with E-state index in [2.05, 4.69) is 33.8 Å². The molecule has 24 heavy (non-hydrogen) atoms. The van der Waals surface area contributed by atoms with E-state index in [0.29, 0.717) is 5.02 Å². The second-order valence-electron chi connectivity index (χ2n) is 6.10. The summed E-state index contributed by atoms with van der Waals surface area (Å²) in [6.45, 7) is 5.75. The molecule has 0 saturated carbocycles. The molecule has 1 aromatic carbocycles. The number of rotatable bonds is 2. The van der Waals surface area contributed by atoms with Crippen LogP contribution in [-0.2, 0) is 4.74 Å². The van der Waals surface area contributed by atoms with Gasteiger partial charge in [-0.05, 0) is 26.0 Å². The number of hydrogen-bond donors (Lipinski definition) is 0. The Morgan fingerprint density at radius 2 is 1.88 bits per heavy atom. The van der Waals surface area contributed by atoms with Gasteiger partial charge in [0.05, 0.1) is 34.5 Å². The average molecular weight is 344 g/mol. The standard InChI is InChI=1S/C17H18ClN5O/c1-11-8-22(9-12(2)24-11)16-13-7-21-23(17(13)20-10-19-16)15-6-4-3-5-14(15)18/h3-7,10-12H,8-9H2,1-2H3/t11-,12-/m0/s1. The smallest absolute Gasteiger partial charge is 0.168 e. The van der Waals surface area contributed by atoms with Crippen molar-refractivity contribution in [3.05, 3.63) is 41.8 Å². The van der Waals surface area contributed by atoms with Crippen LogP contribution < -0.4 is 4.90 Å². The van der Waals surface area contributed by atoms with Gasteiger partial charge in [0.1, 0.15) is 12.1 Å². The minimum absolute atomic E-state index is 0.164. The molecule has 0 bridgehead atoms. The van der Waals surface area contributed by atoms with Crippen LogP contribution in [0.2, 0.25) is 5.02 Å². The lowest BCUT2D eigenvalue weighted by Gasteiger charge is -2.36. The molecule has 1 fully saturated rings. The quantitative estimate of drug-likeness (QED) is 0.715. The molecule has 0 radical (unpaired) electrons. The maximum absolute atomic E-state index is 6.31. The van der Waals surface area contributed by atoms with E-state index in [4.69, 9.17) is 16.3 Å². The van der Waals surface area contributed by atoms with Crippen molar-refractivity contribution >= 4 is 28.5 Å². The molecule has 3 aromatic rings. The van der Waals surface area contributed by atoms with Crippen molar-refractivity contribution in [2.75, 3.05) is 18.0 Å². The molecule has 2 atom stereocenters. The highest BCUT2D eigenvalue weighted by Crippen LogP contribution is 2.28. The van der Waals surface area contributed by atoms with E-state index < -0.39 is 0 Å². The minimum atomic E-state index is 0.164. The maximum Gasteiger partial charge on any atom is 0.168 e. The molecule has 0 amide bonds. The fraction of sp³-hybridized carbons (Fsp3) is 0.353. The van der Waals surface area contributed by atoms with Crippen molar-refractivity contribution < 1.29 is 4.74 Å². The van der Waals surface area contributed by atoms with Gasteiger partial charge in [-0.25, -0.2) is 14.6 Å². The molecule has 1 aliphatic heterocycles. The fourth-order valence-corrected chi connectivity index (χ4v) is 3.45. The van der Waals surface area contributed by atoms with Gasteiger partial charge in [0.15, 0.2) is 5.65 Å². The summed E-state index contributed by atoms with van der Waals surface area (Å²) in [6.07, 6.45) is 3.71. The summed E-state index contributed by atoms with van der Waals surface area (Å²) in [4.78, 5) is 11.2. The minimum Gasteiger partial charge on any atom is -0.372 e. The molecular formula is C17H18ClN5O. The van der Waals surface area contributed by atoms with Crippen molar-refractivity contribution in [1.82, 2.24) is 19.7 Å². The first-order valence-corrected chi connectivity index (χ1v) is 8.35. The van der Waals surface area contributed by atoms with E-state index >= 15 is 0 Å². The third-order valence-electron chi connectivity index (χ3n) is 4.14. The molecule has 3 heterocycles. The number of fused-ring (bicyclic) bond motifs is 1. The monoisotopic (exact) mass is 343 g/mol. The molecule has 0 spiro atoms. The fourth-order valence-electron chi connectivity index (χ4n) is 3.23. The topological polar surface area (TPSA) is 56.1 Å². The van der Waals surface area contributed by atoms with Crippen LogP contribution in [0.25, 0.3) is 16.7 Å². The lowest BCUT2D eigenvalue weighted by Crippen LogP contribution is -2.45. The van der Waals surface area contributed by atoms with E-state index in [0.717, 1.165) is 35.6 Å². The Bertz CT molecular complexity index is 870. The number of nitrogens with zero attached hydrogens (tertiary/aromatic N) is 5. The molecule has 1 saturated heterocycles. The highest BCUT2D eigenvalue weighted by atomic mass is 35.5. The van der Waals surface area contributed by atoms with Crippen LogP contribution in [0.5, 0.6) is 0 Å². The SMILES string of the molecule is C[C@H]1CN(c2ncnc3c2cnn3-c2ccccc2Cl)C[C@H](C)O1. The summed E-state index contributed by atoms with van der Waals surface area (Å²) >= 11 is 6.31. The first kappa shape index (κ1) is 15.4. The van der Waals surface area contributed by atoms with Crippen LogP contribution in [0.4, 0.5) is 5.82 Å². The third kappa shape index (κ3) is 2.61. The Hall–Kier alpha value is -2.18. The average Bonchev–Trinajstić information content (AvgIpc) is 2.98. The van der Waals surface area contributed by atoms with Crippen molar-refractivity contribution in [2.24, 2.45) is 0 Å². The van der Waals surface area contributed by atoms with E-state index in [1.54, 1.807) is 17.2 Å². The van der Waals surface area contributed by atoms with Crippen molar-refractivity contribution in [1.29, 1.82) is 0 Å². The Labute approximate surface area is 145 Å². The van der Waals surface area contributed by atoms with Gasteiger partial charge in [0.2, 0.25) is 0 Å². The number of hydrogen-bond acceptors (Lipinski definition) is 5. The largest absolute Gasteiger partial charge is 0.372 e. The molecule has 4 rings (SSSR count). The summed E-state index contributed by atoms with van der Waals surface area (Å²) in [5.74, 6) is 0.889. The summed E-state index contributed by atoms with van der Waals surface area (Å²) in [7, 11) is 0. The predicted octanol–water partition coefficient (Wildman–Crippen LogP) is 3.08. The zero-order chi connectivity index (χ0) is 16.7. The van der Waals surface area contributed by atoms with Gasteiger partial charge in [-0.2, -0.15) is 5.10 Å². The highest BCUT2D eigenvalue weighted by Gasteiger charge is 2.25. The normalized spacial score (nSPS) is 21.4. The van der Waals surface area contributed by atoms with Crippen molar-refractivity contribution in [2.45, 2.75) is 26.1 Å². The number of halogens is 1. The van der Waals surface area contributed by atoms with Crippen molar-refractivity contribution in [3.8, 4) is 5.69 Å². The first-order valence-electron chi connectivity index (χ1n) is 7.97. The van der Waals surface area contributed by atoms with E-state index in [1.165, 1.54) is 0 Å². The Kier molecular flexibility index (Phi) is 3.86. The van der Waals surface area contributed by atoms with Crippen LogP contribution in [0.3, 0.4) is 0 Å². The van der Waals surface area contributed by atoms with Crippen LogP contribution in [0.15, 0.2) is 36.8 Å². The second-order valence-corrected chi connectivity index (χ2v) is 6.51. The van der Waals surface area contributed by atoms with Crippen LogP contribution in [0, 0.1) is 0 Å². The zero-order valence-corrected chi connectivity index (χ0v) is 14.3. The molecule has 124 valence electrons. The molecule has 1 aliphatic rings. The molecule has 6 nitrogen and oxygen atoms in total. The number of para-hydroxylation sites is 1. The number of benzene rings is 1. The number of morpholine rings is 1. The third-order valence-corrected chi connectivity index (χ3v) is 4.46. The molecule has 2 aromatic heterocycles. The number of aromatic nitrogens is 4. The van der Waals surface area contributed by atoms with Gasteiger partial charge >= 0.3 is 0 Å². The summed E-state index contributed by atoms with van der Waals surface area (Å²) in [6, 6.07) is 7.60. The van der Waals surface area contributed by atoms with Gasteiger partial charge < -0.3 is 9.64 Å². The van der Waals surface area contributed by atoms with Crippen LogP contribution in [-0.4, -0.2) is 45.0 Å². The first-order chi connectivity index (χ1) is 11.6. The van der Waals surface area contributed by atoms with E-state index in [9.17, 15) is 0 Å². The Balaban J connectivity index is 1.81. The van der Waals surface area contributed by atoms with Crippen molar-refractivity contribution in [3.63, 3.8) is 0 Å². The van der Waals surface area contributed by atoms with E-state index in [1.807, 2.05) is 24.3 Å². The number of ether oxygens (including phenoxy) is 1. The predicted molar refractivity (Wildman–Crippen MR) is 93.9 cm³/mol. The zero-order valence-electron chi connectivity index (χ0n) is 13.6. The Morgan fingerprint density at radius 3 is 2.62 bits per heavy atom. The molecule has 0 N–H and O–H groups in total. The summed E-state index contributed by atoms with van der Waals surface area (Å²) < 4.78 is 7.58. The Morgan fingerprint density at radius 1 is 1.12 bits per heavy atom. The van der Waals surface area contributed by atoms with Gasteiger partial charge in [-0.3, -0.25) is 0 Å². The van der Waals surface area contributed by atoms with Gasteiger partial charge in [0.25, 0.3) is 0 Å². The maximum atomic E-state index is 6.31. The van der Waals surface area contributed by atoms with Gasteiger partial charge in [-0.15, -0.1) is 0 Å². The second kappa shape index (κ2) is 6.03. The van der Waals surface area contributed by atoms with Crippen LogP contribution >= 0.6 is 11.6 Å². The lowest BCUT2D eigenvalue weighted by atomic mass is 10.2. The molecule has 0 aliphatic carbocycles. The summed E-state index contributed by atoms with van der Waals surface area (Å²) in [5.41, 5.74) is 1.56. The van der Waals surface area contributed by atoms with E-state index in [-0.39, 0.29) is 12.2 Å². The highest BCUT2D eigenvalue weighted by molar-refractivity contribution is 6.32. The molecule has 7 heteroatoms. The molecular weight excluding hydrogens is 326 g/mol. The van der Waals surface area contributed by atoms with Gasteiger partial charge in [-0.1, -0.05) is 23.7 Å².